The van der Waals surface area contributed by atoms with E-state index in [1.165, 1.54) is 0 Å². The lowest BCUT2D eigenvalue weighted by atomic mass is 9.93. The van der Waals surface area contributed by atoms with Gasteiger partial charge in [0, 0.05) is 24.1 Å². The molecular formula is C17H23N5O3. The van der Waals surface area contributed by atoms with Crippen LogP contribution in [-0.2, 0) is 4.74 Å². The van der Waals surface area contributed by atoms with Gasteiger partial charge in [0.25, 0.3) is 5.91 Å². The number of amides is 1. The Labute approximate surface area is 146 Å². The molecule has 2 N–H and O–H groups in total. The first-order valence-electron chi connectivity index (χ1n) is 8.53. The van der Waals surface area contributed by atoms with Crippen molar-refractivity contribution in [3.05, 3.63) is 36.2 Å². The molecule has 3 rings (SSSR count). The summed E-state index contributed by atoms with van der Waals surface area (Å²) in [6.45, 7) is 2.25. The van der Waals surface area contributed by atoms with Crippen molar-refractivity contribution in [3.8, 4) is 5.95 Å². The Hall–Kier alpha value is -2.32. The molecule has 25 heavy (non-hydrogen) atoms. The zero-order valence-corrected chi connectivity index (χ0v) is 14.3. The average molecular weight is 345 g/mol. The van der Waals surface area contributed by atoms with E-state index in [4.69, 9.17) is 9.84 Å². The van der Waals surface area contributed by atoms with Gasteiger partial charge < -0.3 is 15.2 Å². The quantitative estimate of drug-likeness (QED) is 0.810. The van der Waals surface area contributed by atoms with Gasteiger partial charge in [-0.2, -0.15) is 0 Å². The molecule has 1 saturated carbocycles. The van der Waals surface area contributed by atoms with Crippen LogP contribution in [-0.4, -0.2) is 55.9 Å². The van der Waals surface area contributed by atoms with E-state index >= 15 is 0 Å². The van der Waals surface area contributed by atoms with Crippen LogP contribution in [0.15, 0.2) is 24.8 Å². The van der Waals surface area contributed by atoms with Gasteiger partial charge in [0.1, 0.15) is 12.0 Å². The van der Waals surface area contributed by atoms with Crippen molar-refractivity contribution >= 4 is 5.91 Å². The summed E-state index contributed by atoms with van der Waals surface area (Å²) in [5, 5.41) is 11.9. The summed E-state index contributed by atoms with van der Waals surface area (Å²) in [6, 6.07) is 1.81. The van der Waals surface area contributed by atoms with E-state index in [0.29, 0.717) is 18.2 Å². The SMILES string of the molecule is Cc1cc(C(=O)NC2CCC(OCCO)CC2)nc(-n2ccnc2)n1. The molecule has 1 amide bonds. The van der Waals surface area contributed by atoms with Crippen LogP contribution in [0.2, 0.25) is 0 Å². The Morgan fingerprint density at radius 3 is 2.84 bits per heavy atom. The molecule has 0 spiro atoms. The molecular weight excluding hydrogens is 322 g/mol. The van der Waals surface area contributed by atoms with Gasteiger partial charge in [-0.05, 0) is 38.7 Å². The third-order valence-corrected chi connectivity index (χ3v) is 4.26. The number of nitrogens with zero attached hydrogens (tertiary/aromatic N) is 4. The zero-order valence-electron chi connectivity index (χ0n) is 14.3. The smallest absolute Gasteiger partial charge is 0.270 e. The first-order chi connectivity index (χ1) is 12.2. The number of ether oxygens (including phenoxy) is 1. The van der Waals surface area contributed by atoms with Crippen molar-refractivity contribution in [2.75, 3.05) is 13.2 Å². The molecule has 0 saturated heterocycles. The van der Waals surface area contributed by atoms with E-state index in [9.17, 15) is 4.79 Å². The van der Waals surface area contributed by atoms with Crippen LogP contribution in [0.3, 0.4) is 0 Å². The first-order valence-corrected chi connectivity index (χ1v) is 8.53. The van der Waals surface area contributed by atoms with Crippen LogP contribution in [0.25, 0.3) is 5.95 Å². The number of carbonyl (C=O) groups is 1. The number of aliphatic hydroxyl groups is 1. The Balaban J connectivity index is 1.60. The van der Waals surface area contributed by atoms with E-state index in [0.717, 1.165) is 31.4 Å². The maximum atomic E-state index is 12.5. The Morgan fingerprint density at radius 2 is 2.16 bits per heavy atom. The van der Waals surface area contributed by atoms with Crippen molar-refractivity contribution in [3.63, 3.8) is 0 Å². The molecule has 8 nitrogen and oxygen atoms in total. The van der Waals surface area contributed by atoms with Gasteiger partial charge in [-0.25, -0.2) is 15.0 Å². The molecule has 1 aliphatic carbocycles. The normalized spacial score (nSPS) is 20.4. The maximum absolute atomic E-state index is 12.5. The predicted molar refractivity (Wildman–Crippen MR) is 90.4 cm³/mol. The van der Waals surface area contributed by atoms with E-state index in [1.54, 1.807) is 29.4 Å². The lowest BCUT2D eigenvalue weighted by Crippen LogP contribution is -2.39. The Kier molecular flexibility index (Phi) is 5.72. The van der Waals surface area contributed by atoms with Gasteiger partial charge in [0.05, 0.1) is 19.3 Å². The molecule has 2 aromatic heterocycles. The number of aliphatic hydroxyl groups excluding tert-OH is 1. The minimum Gasteiger partial charge on any atom is -0.394 e. The summed E-state index contributed by atoms with van der Waals surface area (Å²) in [7, 11) is 0. The molecule has 0 aromatic carbocycles. The lowest BCUT2D eigenvalue weighted by Gasteiger charge is -2.29. The number of imidazole rings is 1. The summed E-state index contributed by atoms with van der Waals surface area (Å²) in [5.74, 6) is 0.246. The molecule has 0 unspecified atom stereocenters. The van der Waals surface area contributed by atoms with E-state index in [-0.39, 0.29) is 24.7 Å². The van der Waals surface area contributed by atoms with Crippen molar-refractivity contribution in [1.82, 2.24) is 24.8 Å². The molecule has 2 heterocycles. The van der Waals surface area contributed by atoms with Crippen molar-refractivity contribution in [1.29, 1.82) is 0 Å². The number of aryl methyl sites for hydroxylation is 1. The molecule has 0 bridgehead atoms. The summed E-state index contributed by atoms with van der Waals surface area (Å²) in [4.78, 5) is 25.2. The standard InChI is InChI=1S/C17H23N5O3/c1-12-10-15(21-17(19-12)22-7-6-18-11-22)16(24)20-13-2-4-14(5-3-13)25-9-8-23/h6-7,10-11,13-14,23H,2-5,8-9H2,1H3,(H,20,24). The number of hydrogen-bond acceptors (Lipinski definition) is 6. The van der Waals surface area contributed by atoms with Crippen LogP contribution >= 0.6 is 0 Å². The highest BCUT2D eigenvalue weighted by molar-refractivity contribution is 5.92. The fourth-order valence-corrected chi connectivity index (χ4v) is 3.01. The second-order valence-electron chi connectivity index (χ2n) is 6.21. The van der Waals surface area contributed by atoms with Gasteiger partial charge in [-0.15, -0.1) is 0 Å². The molecule has 0 aliphatic heterocycles. The van der Waals surface area contributed by atoms with E-state index in [2.05, 4.69) is 20.3 Å². The number of hydrogen-bond donors (Lipinski definition) is 2. The van der Waals surface area contributed by atoms with Gasteiger partial charge >= 0.3 is 0 Å². The van der Waals surface area contributed by atoms with E-state index in [1.807, 2.05) is 6.92 Å². The van der Waals surface area contributed by atoms with Gasteiger partial charge in [-0.1, -0.05) is 0 Å². The Bertz CT molecular complexity index is 696. The van der Waals surface area contributed by atoms with Crippen LogP contribution in [0.4, 0.5) is 0 Å². The van der Waals surface area contributed by atoms with Crippen molar-refractivity contribution in [2.24, 2.45) is 0 Å². The molecule has 2 aromatic rings. The van der Waals surface area contributed by atoms with Crippen LogP contribution < -0.4 is 5.32 Å². The van der Waals surface area contributed by atoms with E-state index < -0.39 is 0 Å². The highest BCUT2D eigenvalue weighted by Crippen LogP contribution is 2.21. The molecule has 0 radical (unpaired) electrons. The maximum Gasteiger partial charge on any atom is 0.270 e. The number of carbonyl (C=O) groups excluding carboxylic acids is 1. The van der Waals surface area contributed by atoms with Crippen molar-refractivity contribution < 1.29 is 14.6 Å². The molecule has 0 atom stereocenters. The van der Waals surface area contributed by atoms with Gasteiger partial charge in [0.2, 0.25) is 5.95 Å². The predicted octanol–water partition coefficient (Wildman–Crippen LogP) is 1.02. The summed E-state index contributed by atoms with van der Waals surface area (Å²) in [6.07, 6.45) is 8.65. The number of nitrogens with one attached hydrogen (secondary N) is 1. The third-order valence-electron chi connectivity index (χ3n) is 4.26. The second-order valence-corrected chi connectivity index (χ2v) is 6.21. The third kappa shape index (κ3) is 4.61. The minimum absolute atomic E-state index is 0.0446. The summed E-state index contributed by atoms with van der Waals surface area (Å²) >= 11 is 0. The van der Waals surface area contributed by atoms with Crippen LogP contribution in [0.1, 0.15) is 41.9 Å². The second kappa shape index (κ2) is 8.17. The molecule has 1 fully saturated rings. The van der Waals surface area contributed by atoms with Gasteiger partial charge in [-0.3, -0.25) is 9.36 Å². The topological polar surface area (TPSA) is 102 Å². The monoisotopic (exact) mass is 345 g/mol. The van der Waals surface area contributed by atoms with Crippen LogP contribution in [0.5, 0.6) is 0 Å². The van der Waals surface area contributed by atoms with Crippen LogP contribution in [0, 0.1) is 6.92 Å². The zero-order chi connectivity index (χ0) is 17.6. The van der Waals surface area contributed by atoms with Crippen molar-refractivity contribution in [2.45, 2.75) is 44.8 Å². The fourth-order valence-electron chi connectivity index (χ4n) is 3.01. The minimum atomic E-state index is -0.188. The summed E-state index contributed by atoms with van der Waals surface area (Å²) < 4.78 is 7.22. The molecule has 134 valence electrons. The highest BCUT2D eigenvalue weighted by Gasteiger charge is 2.24. The fraction of sp³-hybridized carbons (Fsp3) is 0.529. The highest BCUT2D eigenvalue weighted by atomic mass is 16.5. The lowest BCUT2D eigenvalue weighted by molar-refractivity contribution is 0.00424. The number of aromatic nitrogens is 4. The molecule has 8 heteroatoms. The molecule has 1 aliphatic rings. The number of rotatable bonds is 6. The Morgan fingerprint density at radius 1 is 1.36 bits per heavy atom. The van der Waals surface area contributed by atoms with Gasteiger partial charge in [0.15, 0.2) is 0 Å². The summed E-state index contributed by atoms with van der Waals surface area (Å²) in [5.41, 5.74) is 1.08. The average Bonchev–Trinajstić information content (AvgIpc) is 3.15. The first kappa shape index (κ1) is 17.5. The largest absolute Gasteiger partial charge is 0.394 e.